The van der Waals surface area contributed by atoms with Gasteiger partial charge in [-0.1, -0.05) is 21.1 Å². The molecule has 1 N–H and O–H groups in total. The third kappa shape index (κ3) is 3.32. The van der Waals surface area contributed by atoms with Crippen LogP contribution in [0.4, 0.5) is 0 Å². The molecular formula is C13H10BrNO2. The van der Waals surface area contributed by atoms with Crippen LogP contribution in [0.25, 0.3) is 0 Å². The van der Waals surface area contributed by atoms with E-state index in [2.05, 4.69) is 21.1 Å². The smallest absolute Gasteiger partial charge is 0.127 e. The molecule has 0 amide bonds. The van der Waals surface area contributed by atoms with Gasteiger partial charge in [0.2, 0.25) is 0 Å². The number of benzene rings is 2. The van der Waals surface area contributed by atoms with E-state index in [4.69, 9.17) is 9.94 Å². The van der Waals surface area contributed by atoms with Crippen molar-refractivity contribution in [2.45, 2.75) is 0 Å². The lowest BCUT2D eigenvalue weighted by atomic mass is 10.2. The Morgan fingerprint density at radius 2 is 1.47 bits per heavy atom. The third-order valence-electron chi connectivity index (χ3n) is 2.14. The van der Waals surface area contributed by atoms with Crippen molar-refractivity contribution >= 4 is 22.1 Å². The molecule has 0 radical (unpaired) electrons. The normalized spacial score (nSPS) is 10.6. The summed E-state index contributed by atoms with van der Waals surface area (Å²) < 4.78 is 6.65. The Kier molecular flexibility index (Phi) is 3.77. The maximum absolute atomic E-state index is 8.38. The summed E-state index contributed by atoms with van der Waals surface area (Å²) >= 11 is 3.36. The van der Waals surface area contributed by atoms with Gasteiger partial charge in [-0.15, -0.1) is 0 Å². The van der Waals surface area contributed by atoms with Crippen molar-refractivity contribution in [3.8, 4) is 11.5 Å². The van der Waals surface area contributed by atoms with Crippen molar-refractivity contribution < 1.29 is 9.94 Å². The molecule has 17 heavy (non-hydrogen) atoms. The molecular weight excluding hydrogens is 282 g/mol. The summed E-state index contributed by atoms with van der Waals surface area (Å²) in [6.07, 6.45) is 1.36. The largest absolute Gasteiger partial charge is 0.457 e. The molecule has 2 rings (SSSR count). The maximum Gasteiger partial charge on any atom is 0.127 e. The molecule has 0 bridgehead atoms. The highest BCUT2D eigenvalue weighted by Crippen LogP contribution is 2.23. The summed E-state index contributed by atoms with van der Waals surface area (Å²) in [5.74, 6) is 1.51. The van der Waals surface area contributed by atoms with E-state index in [0.29, 0.717) is 0 Å². The molecule has 3 nitrogen and oxygen atoms in total. The summed E-state index contributed by atoms with van der Waals surface area (Å²) in [5.41, 5.74) is 0.815. The highest BCUT2D eigenvalue weighted by molar-refractivity contribution is 9.10. The van der Waals surface area contributed by atoms with Gasteiger partial charge in [-0.2, -0.15) is 0 Å². The molecule has 86 valence electrons. The van der Waals surface area contributed by atoms with Gasteiger partial charge in [-0.05, 0) is 54.1 Å². The van der Waals surface area contributed by atoms with Crippen LogP contribution < -0.4 is 4.74 Å². The van der Waals surface area contributed by atoms with Crippen molar-refractivity contribution in [2.75, 3.05) is 0 Å². The fourth-order valence-corrected chi connectivity index (χ4v) is 1.59. The molecule has 0 aliphatic carbocycles. The van der Waals surface area contributed by atoms with Crippen LogP contribution >= 0.6 is 15.9 Å². The molecule has 2 aromatic carbocycles. The summed E-state index contributed by atoms with van der Waals surface area (Å²) in [5, 5.41) is 11.3. The van der Waals surface area contributed by atoms with Gasteiger partial charge >= 0.3 is 0 Å². The predicted octanol–water partition coefficient (Wildman–Crippen LogP) is 4.05. The van der Waals surface area contributed by atoms with Crippen molar-refractivity contribution in [1.82, 2.24) is 0 Å². The highest BCUT2D eigenvalue weighted by Gasteiger charge is 1.97. The quantitative estimate of drug-likeness (QED) is 0.527. The molecule has 0 aliphatic rings. The number of hydrogen-bond acceptors (Lipinski definition) is 3. The van der Waals surface area contributed by atoms with Gasteiger partial charge in [0.1, 0.15) is 11.5 Å². The summed E-state index contributed by atoms with van der Waals surface area (Å²) in [7, 11) is 0. The molecule has 2 aromatic rings. The van der Waals surface area contributed by atoms with Gasteiger partial charge in [-0.25, -0.2) is 0 Å². The molecule has 4 heteroatoms. The van der Waals surface area contributed by atoms with E-state index in [0.717, 1.165) is 21.5 Å². The Bertz CT molecular complexity index is 506. The highest BCUT2D eigenvalue weighted by atomic mass is 79.9. The van der Waals surface area contributed by atoms with Gasteiger partial charge in [0.15, 0.2) is 0 Å². The van der Waals surface area contributed by atoms with E-state index in [9.17, 15) is 0 Å². The average molecular weight is 292 g/mol. The number of oxime groups is 1. The van der Waals surface area contributed by atoms with E-state index in [1.165, 1.54) is 6.21 Å². The Hall–Kier alpha value is -1.81. The first-order valence-electron chi connectivity index (χ1n) is 4.99. The molecule has 0 saturated carbocycles. The van der Waals surface area contributed by atoms with Crippen molar-refractivity contribution in [2.24, 2.45) is 5.16 Å². The number of ether oxygens (including phenoxy) is 1. The number of rotatable bonds is 3. The average Bonchev–Trinajstić information content (AvgIpc) is 2.35. The fraction of sp³-hybridized carbons (Fsp3) is 0. The molecule has 0 heterocycles. The second kappa shape index (κ2) is 5.50. The van der Waals surface area contributed by atoms with Gasteiger partial charge in [-0.3, -0.25) is 0 Å². The minimum atomic E-state index is 0.738. The zero-order chi connectivity index (χ0) is 12.1. The number of hydrogen-bond donors (Lipinski definition) is 1. The molecule has 0 aliphatic heterocycles. The lowest BCUT2D eigenvalue weighted by molar-refractivity contribution is 0.322. The summed E-state index contributed by atoms with van der Waals surface area (Å²) in [4.78, 5) is 0. The monoisotopic (exact) mass is 291 g/mol. The maximum atomic E-state index is 8.38. The standard InChI is InChI=1S/C13H10BrNO2/c14-11-3-7-13(8-4-11)17-12-5-1-10(2-6-12)9-15-16/h1-9,16H/b15-9+. The van der Waals surface area contributed by atoms with Crippen molar-refractivity contribution in [1.29, 1.82) is 0 Å². The van der Waals surface area contributed by atoms with Gasteiger partial charge in [0.25, 0.3) is 0 Å². The summed E-state index contributed by atoms with van der Waals surface area (Å²) in [6, 6.07) is 14.9. The first-order chi connectivity index (χ1) is 8.28. The van der Waals surface area contributed by atoms with E-state index >= 15 is 0 Å². The number of halogens is 1. The molecule has 0 unspecified atom stereocenters. The third-order valence-corrected chi connectivity index (χ3v) is 2.66. The Morgan fingerprint density at radius 3 is 2.00 bits per heavy atom. The Morgan fingerprint density at radius 1 is 0.941 bits per heavy atom. The topological polar surface area (TPSA) is 41.8 Å². The molecule has 0 aromatic heterocycles. The first kappa shape index (κ1) is 11.7. The molecule has 0 spiro atoms. The van der Waals surface area contributed by atoms with Crippen LogP contribution in [0, 0.1) is 0 Å². The van der Waals surface area contributed by atoms with Crippen LogP contribution in [0.5, 0.6) is 11.5 Å². The van der Waals surface area contributed by atoms with Crippen LogP contribution in [0.15, 0.2) is 58.2 Å². The van der Waals surface area contributed by atoms with Crippen LogP contribution in [0.2, 0.25) is 0 Å². The minimum absolute atomic E-state index is 0.738. The second-order valence-electron chi connectivity index (χ2n) is 3.37. The van der Waals surface area contributed by atoms with Gasteiger partial charge in [0, 0.05) is 4.47 Å². The SMILES string of the molecule is O/N=C/c1ccc(Oc2ccc(Br)cc2)cc1. The van der Waals surface area contributed by atoms with E-state index < -0.39 is 0 Å². The number of nitrogens with zero attached hydrogens (tertiary/aromatic N) is 1. The zero-order valence-corrected chi connectivity index (χ0v) is 10.5. The van der Waals surface area contributed by atoms with E-state index in [1.807, 2.05) is 48.5 Å². The van der Waals surface area contributed by atoms with Gasteiger partial charge in [0.05, 0.1) is 6.21 Å². The van der Waals surface area contributed by atoms with Crippen LogP contribution in [0.3, 0.4) is 0 Å². The van der Waals surface area contributed by atoms with Crippen molar-refractivity contribution in [3.63, 3.8) is 0 Å². The van der Waals surface area contributed by atoms with E-state index in [1.54, 1.807) is 0 Å². The van der Waals surface area contributed by atoms with Crippen LogP contribution in [-0.2, 0) is 0 Å². The lowest BCUT2D eigenvalue weighted by Gasteiger charge is -2.05. The Labute approximate surface area is 107 Å². The minimum Gasteiger partial charge on any atom is -0.457 e. The molecule has 0 fully saturated rings. The Balaban J connectivity index is 2.11. The second-order valence-corrected chi connectivity index (χ2v) is 4.29. The molecule has 0 saturated heterocycles. The van der Waals surface area contributed by atoms with Crippen LogP contribution in [-0.4, -0.2) is 11.4 Å². The van der Waals surface area contributed by atoms with Gasteiger partial charge < -0.3 is 9.94 Å². The zero-order valence-electron chi connectivity index (χ0n) is 8.88. The predicted molar refractivity (Wildman–Crippen MR) is 70.0 cm³/mol. The van der Waals surface area contributed by atoms with E-state index in [-0.39, 0.29) is 0 Å². The molecule has 0 atom stereocenters. The van der Waals surface area contributed by atoms with Crippen LogP contribution in [0.1, 0.15) is 5.56 Å². The fourth-order valence-electron chi connectivity index (χ4n) is 1.33. The van der Waals surface area contributed by atoms with Crippen molar-refractivity contribution in [3.05, 3.63) is 58.6 Å². The summed E-state index contributed by atoms with van der Waals surface area (Å²) in [6.45, 7) is 0. The first-order valence-corrected chi connectivity index (χ1v) is 5.78. The lowest BCUT2D eigenvalue weighted by Crippen LogP contribution is -1.85.